The molecule has 0 aromatic carbocycles. The van der Waals surface area contributed by atoms with Gasteiger partial charge in [0.2, 0.25) is 0 Å². The van der Waals surface area contributed by atoms with Gasteiger partial charge in [-0.25, -0.2) is 0 Å². The molecule has 2 aliphatic rings. The van der Waals surface area contributed by atoms with Gasteiger partial charge in [-0.15, -0.1) is 0 Å². The molecule has 0 saturated carbocycles. The van der Waals surface area contributed by atoms with Crippen LogP contribution < -0.4 is 21.3 Å². The van der Waals surface area contributed by atoms with E-state index < -0.39 is 0 Å². The zero-order chi connectivity index (χ0) is 12.4. The van der Waals surface area contributed by atoms with Crippen molar-refractivity contribution in [1.29, 1.82) is 0 Å². The second-order valence-electron chi connectivity index (χ2n) is 4.91. The van der Waals surface area contributed by atoms with E-state index >= 15 is 0 Å². The van der Waals surface area contributed by atoms with Gasteiger partial charge in [0, 0.05) is 11.4 Å². The lowest BCUT2D eigenvalue weighted by atomic mass is 10.1. The Morgan fingerprint density at radius 1 is 1.28 bits per heavy atom. The summed E-state index contributed by atoms with van der Waals surface area (Å²) in [5, 5.41) is 5.10. The SMILES string of the molecule is O=c1[nH]ccc2c1=CCC(OC1CCNCC1)C=2. The fourth-order valence-corrected chi connectivity index (χ4v) is 2.64. The topological polar surface area (TPSA) is 54.1 Å². The predicted molar refractivity (Wildman–Crippen MR) is 70.6 cm³/mol. The molecule has 1 fully saturated rings. The maximum Gasteiger partial charge on any atom is 0.255 e. The van der Waals surface area contributed by atoms with Gasteiger partial charge < -0.3 is 15.0 Å². The highest BCUT2D eigenvalue weighted by Crippen LogP contribution is 2.14. The number of hydrogen-bond acceptors (Lipinski definition) is 3. The molecule has 2 N–H and O–H groups in total. The van der Waals surface area contributed by atoms with Crippen molar-refractivity contribution < 1.29 is 4.74 Å². The highest BCUT2D eigenvalue weighted by Gasteiger charge is 2.18. The van der Waals surface area contributed by atoms with Crippen LogP contribution in [0.5, 0.6) is 0 Å². The average molecular weight is 246 g/mol. The average Bonchev–Trinajstić information content (AvgIpc) is 2.40. The third-order valence-corrected chi connectivity index (χ3v) is 3.61. The first-order valence-electron chi connectivity index (χ1n) is 6.59. The molecule has 1 aliphatic heterocycles. The highest BCUT2D eigenvalue weighted by molar-refractivity contribution is 5.41. The zero-order valence-electron chi connectivity index (χ0n) is 10.3. The van der Waals surface area contributed by atoms with Crippen molar-refractivity contribution >= 4 is 12.2 Å². The van der Waals surface area contributed by atoms with Crippen molar-refractivity contribution in [3.63, 3.8) is 0 Å². The quantitative estimate of drug-likeness (QED) is 0.738. The van der Waals surface area contributed by atoms with Crippen LogP contribution in [-0.2, 0) is 4.74 Å². The summed E-state index contributed by atoms with van der Waals surface area (Å²) in [6, 6.07) is 1.94. The molecule has 3 rings (SSSR count). The molecule has 1 aliphatic carbocycles. The number of fused-ring (bicyclic) bond motifs is 1. The Balaban J connectivity index is 1.79. The Bertz CT molecular complexity index is 585. The molecular weight excluding hydrogens is 228 g/mol. The number of hydrogen-bond donors (Lipinski definition) is 2. The van der Waals surface area contributed by atoms with Gasteiger partial charge in [-0.2, -0.15) is 0 Å². The second-order valence-corrected chi connectivity index (χ2v) is 4.91. The van der Waals surface area contributed by atoms with Crippen LogP contribution in [0.4, 0.5) is 0 Å². The minimum atomic E-state index is -0.0101. The molecule has 0 amide bonds. The van der Waals surface area contributed by atoms with E-state index in [4.69, 9.17) is 4.74 Å². The van der Waals surface area contributed by atoms with Gasteiger partial charge in [0.1, 0.15) is 0 Å². The molecule has 4 nitrogen and oxygen atoms in total. The largest absolute Gasteiger partial charge is 0.370 e. The molecule has 0 radical (unpaired) electrons. The van der Waals surface area contributed by atoms with E-state index in [1.165, 1.54) is 0 Å². The van der Waals surface area contributed by atoms with Crippen LogP contribution in [0.25, 0.3) is 12.2 Å². The number of aromatic nitrogens is 1. The third kappa shape index (κ3) is 2.40. The minimum Gasteiger partial charge on any atom is -0.370 e. The van der Waals surface area contributed by atoms with E-state index in [9.17, 15) is 4.79 Å². The molecule has 0 spiro atoms. The Hall–Kier alpha value is -1.39. The first-order valence-corrected chi connectivity index (χ1v) is 6.59. The summed E-state index contributed by atoms with van der Waals surface area (Å²) < 4.78 is 6.09. The van der Waals surface area contributed by atoms with E-state index in [2.05, 4.69) is 16.4 Å². The van der Waals surface area contributed by atoms with Gasteiger partial charge in [0.15, 0.2) is 0 Å². The number of aromatic amines is 1. The normalized spacial score (nSPS) is 23.9. The molecule has 96 valence electrons. The maximum atomic E-state index is 11.6. The Labute approximate surface area is 105 Å². The molecule has 18 heavy (non-hydrogen) atoms. The lowest BCUT2D eigenvalue weighted by Gasteiger charge is -2.27. The van der Waals surface area contributed by atoms with Crippen molar-refractivity contribution in [2.24, 2.45) is 0 Å². The standard InChI is InChI=1S/C14H18N2O2/c17-14-13-2-1-12(9-10(13)3-8-16-14)18-11-4-6-15-7-5-11/h2-3,8-9,11-12,15H,1,4-7H2,(H,16,17). The fourth-order valence-electron chi connectivity index (χ4n) is 2.64. The van der Waals surface area contributed by atoms with Crippen LogP contribution in [0.3, 0.4) is 0 Å². The van der Waals surface area contributed by atoms with Crippen molar-refractivity contribution in [2.75, 3.05) is 13.1 Å². The summed E-state index contributed by atoms with van der Waals surface area (Å²) in [6.07, 6.45) is 9.17. The Morgan fingerprint density at radius 2 is 2.11 bits per heavy atom. The molecule has 0 bridgehead atoms. The molecule has 1 unspecified atom stereocenters. The first kappa shape index (κ1) is 11.7. The summed E-state index contributed by atoms with van der Waals surface area (Å²) in [5.41, 5.74) is -0.0101. The number of H-pyrrole nitrogens is 1. The summed E-state index contributed by atoms with van der Waals surface area (Å²) in [5.74, 6) is 0. The molecule has 4 heteroatoms. The van der Waals surface area contributed by atoms with Crippen LogP contribution in [0.15, 0.2) is 17.1 Å². The smallest absolute Gasteiger partial charge is 0.255 e. The van der Waals surface area contributed by atoms with Gasteiger partial charge in [-0.05, 0) is 49.7 Å². The number of pyridine rings is 1. The van der Waals surface area contributed by atoms with Gasteiger partial charge in [-0.3, -0.25) is 4.79 Å². The zero-order valence-corrected chi connectivity index (χ0v) is 10.3. The van der Waals surface area contributed by atoms with E-state index in [1.54, 1.807) is 6.20 Å². The predicted octanol–water partition coefficient (Wildman–Crippen LogP) is -0.523. The van der Waals surface area contributed by atoms with E-state index in [0.717, 1.165) is 42.8 Å². The molecule has 1 aromatic rings. The van der Waals surface area contributed by atoms with Gasteiger partial charge >= 0.3 is 0 Å². The first-order chi connectivity index (χ1) is 8.83. The molecule has 2 heterocycles. The third-order valence-electron chi connectivity index (χ3n) is 3.61. The molecule has 1 saturated heterocycles. The maximum absolute atomic E-state index is 11.6. The van der Waals surface area contributed by atoms with Gasteiger partial charge in [0.25, 0.3) is 5.56 Å². The van der Waals surface area contributed by atoms with Crippen molar-refractivity contribution in [2.45, 2.75) is 31.5 Å². The van der Waals surface area contributed by atoms with E-state index in [0.29, 0.717) is 6.10 Å². The van der Waals surface area contributed by atoms with E-state index in [1.807, 2.05) is 12.1 Å². The summed E-state index contributed by atoms with van der Waals surface area (Å²) in [6.45, 7) is 2.08. The van der Waals surface area contributed by atoms with Crippen molar-refractivity contribution in [3.8, 4) is 0 Å². The van der Waals surface area contributed by atoms with Gasteiger partial charge in [-0.1, -0.05) is 6.08 Å². The lowest BCUT2D eigenvalue weighted by Crippen LogP contribution is -2.44. The van der Waals surface area contributed by atoms with Crippen LogP contribution in [-0.4, -0.2) is 30.3 Å². The summed E-state index contributed by atoms with van der Waals surface area (Å²) in [4.78, 5) is 14.3. The number of piperidine rings is 1. The van der Waals surface area contributed by atoms with Crippen LogP contribution in [0, 0.1) is 0 Å². The summed E-state index contributed by atoms with van der Waals surface area (Å²) >= 11 is 0. The number of rotatable bonds is 2. The number of ether oxygens (including phenoxy) is 1. The van der Waals surface area contributed by atoms with Crippen molar-refractivity contribution in [1.82, 2.24) is 10.3 Å². The van der Waals surface area contributed by atoms with Gasteiger partial charge in [0.05, 0.1) is 12.2 Å². The molecular formula is C14H18N2O2. The molecule has 1 atom stereocenters. The van der Waals surface area contributed by atoms with Crippen LogP contribution >= 0.6 is 0 Å². The monoisotopic (exact) mass is 246 g/mol. The summed E-state index contributed by atoms with van der Waals surface area (Å²) in [7, 11) is 0. The Kier molecular flexibility index (Phi) is 3.30. The fraction of sp³-hybridized carbons (Fsp3) is 0.500. The second kappa shape index (κ2) is 5.08. The number of nitrogens with one attached hydrogen (secondary N) is 2. The molecule has 1 aromatic heterocycles. The highest BCUT2D eigenvalue weighted by atomic mass is 16.5. The van der Waals surface area contributed by atoms with E-state index in [-0.39, 0.29) is 11.7 Å². The van der Waals surface area contributed by atoms with Crippen LogP contribution in [0.2, 0.25) is 0 Å². The van der Waals surface area contributed by atoms with Crippen molar-refractivity contribution in [3.05, 3.63) is 33.1 Å². The minimum absolute atomic E-state index is 0.0101. The van der Waals surface area contributed by atoms with Crippen LogP contribution in [0.1, 0.15) is 19.3 Å². The lowest BCUT2D eigenvalue weighted by molar-refractivity contribution is 0.00652. The Morgan fingerprint density at radius 3 is 2.94 bits per heavy atom.